The molecule has 1 aromatic carbocycles. The van der Waals surface area contributed by atoms with E-state index in [0.29, 0.717) is 5.92 Å². The zero-order valence-corrected chi connectivity index (χ0v) is 16.3. The number of nitrogens with one attached hydrogen (secondary N) is 1. The Balaban J connectivity index is 1.41. The first kappa shape index (κ1) is 18.5. The maximum atomic E-state index is 13.7. The van der Waals surface area contributed by atoms with Gasteiger partial charge in [-0.05, 0) is 62.1 Å². The number of carbonyl (C=O) groups is 1. The van der Waals surface area contributed by atoms with Gasteiger partial charge in [0.1, 0.15) is 5.82 Å². The maximum absolute atomic E-state index is 13.7. The van der Waals surface area contributed by atoms with Gasteiger partial charge in [0.05, 0.1) is 29.1 Å². The summed E-state index contributed by atoms with van der Waals surface area (Å²) in [4.78, 5) is 17.2. The summed E-state index contributed by atoms with van der Waals surface area (Å²) in [6, 6.07) is 11.4. The smallest absolute Gasteiger partial charge is 0.251 e. The van der Waals surface area contributed by atoms with Crippen LogP contribution in [0.15, 0.2) is 42.6 Å². The quantitative estimate of drug-likeness (QED) is 0.713. The van der Waals surface area contributed by atoms with Crippen LogP contribution in [-0.2, 0) is 6.54 Å². The molecule has 5 rings (SSSR count). The van der Waals surface area contributed by atoms with Crippen molar-refractivity contribution in [3.63, 3.8) is 0 Å². The molecule has 1 atom stereocenters. The fourth-order valence-corrected chi connectivity index (χ4v) is 4.01. The number of carbonyl (C=O) groups excluding carboxylic acids is 1. The van der Waals surface area contributed by atoms with Gasteiger partial charge >= 0.3 is 0 Å². The third-order valence-electron chi connectivity index (χ3n) is 5.70. The van der Waals surface area contributed by atoms with Crippen molar-refractivity contribution in [3.8, 4) is 17.3 Å². The standard InChI is InChI=1S/C23H20FN5O/c24-18-9-14(13-25)8-17(10-18)23(30)27-19-2-1-7-29-22(19)12-21(28-29)16-5-6-26-20(11-16)15-3-4-15/h5-6,8-12,15,19H,1-4,7H2,(H,27,30)/t19-/m0/s1. The number of aryl methyl sites for hydroxylation is 1. The second-order valence-electron chi connectivity index (χ2n) is 7.93. The molecule has 0 bridgehead atoms. The van der Waals surface area contributed by atoms with Gasteiger partial charge in [0.2, 0.25) is 0 Å². The van der Waals surface area contributed by atoms with Crippen molar-refractivity contribution in [2.75, 3.05) is 0 Å². The van der Waals surface area contributed by atoms with E-state index in [1.807, 2.05) is 29.1 Å². The van der Waals surface area contributed by atoms with E-state index < -0.39 is 11.7 Å². The molecule has 2 aromatic heterocycles. The van der Waals surface area contributed by atoms with E-state index in [1.165, 1.54) is 18.9 Å². The Hall–Kier alpha value is -3.53. The second kappa shape index (κ2) is 7.38. The fourth-order valence-electron chi connectivity index (χ4n) is 4.01. The highest BCUT2D eigenvalue weighted by Crippen LogP contribution is 2.40. The highest BCUT2D eigenvalue weighted by atomic mass is 19.1. The molecule has 0 saturated heterocycles. The molecule has 7 heteroatoms. The number of hydrogen-bond acceptors (Lipinski definition) is 4. The average molecular weight is 401 g/mol. The van der Waals surface area contributed by atoms with Gasteiger partial charge in [-0.3, -0.25) is 14.5 Å². The van der Waals surface area contributed by atoms with Gasteiger partial charge in [-0.25, -0.2) is 4.39 Å². The van der Waals surface area contributed by atoms with Crippen molar-refractivity contribution >= 4 is 5.91 Å². The maximum Gasteiger partial charge on any atom is 0.251 e. The van der Waals surface area contributed by atoms with Crippen LogP contribution in [0.25, 0.3) is 11.3 Å². The van der Waals surface area contributed by atoms with Crippen LogP contribution in [0.3, 0.4) is 0 Å². The summed E-state index contributed by atoms with van der Waals surface area (Å²) in [6.45, 7) is 0.792. The van der Waals surface area contributed by atoms with E-state index in [-0.39, 0.29) is 17.2 Å². The lowest BCUT2D eigenvalue weighted by molar-refractivity contribution is 0.0928. The van der Waals surface area contributed by atoms with Crippen LogP contribution in [-0.4, -0.2) is 20.7 Å². The SMILES string of the molecule is N#Cc1cc(F)cc(C(=O)N[C@H]2CCCn3nc(-c4ccnc(C5CC5)c4)cc32)c1. The highest BCUT2D eigenvalue weighted by molar-refractivity contribution is 5.94. The Morgan fingerprint density at radius 2 is 2.07 bits per heavy atom. The molecule has 2 aliphatic rings. The number of halogens is 1. The number of amides is 1. The van der Waals surface area contributed by atoms with Gasteiger partial charge < -0.3 is 5.32 Å². The third kappa shape index (κ3) is 3.57. The predicted octanol–water partition coefficient (Wildman–Crippen LogP) is 4.10. The lowest BCUT2D eigenvalue weighted by Gasteiger charge is -2.24. The zero-order chi connectivity index (χ0) is 20.7. The largest absolute Gasteiger partial charge is 0.344 e. The molecule has 3 aromatic rings. The molecule has 6 nitrogen and oxygen atoms in total. The van der Waals surface area contributed by atoms with E-state index in [1.54, 1.807) is 0 Å². The molecule has 1 N–H and O–H groups in total. The number of aromatic nitrogens is 3. The molecule has 1 fully saturated rings. The average Bonchev–Trinajstić information content (AvgIpc) is 3.52. The van der Waals surface area contributed by atoms with Crippen LogP contribution < -0.4 is 5.32 Å². The summed E-state index contributed by atoms with van der Waals surface area (Å²) in [5.74, 6) is -0.426. The number of nitriles is 1. The Morgan fingerprint density at radius 3 is 2.87 bits per heavy atom. The minimum Gasteiger partial charge on any atom is -0.344 e. The minimum atomic E-state index is -0.598. The molecule has 1 aliphatic heterocycles. The first-order valence-corrected chi connectivity index (χ1v) is 10.2. The summed E-state index contributed by atoms with van der Waals surface area (Å²) in [5, 5.41) is 16.8. The second-order valence-corrected chi connectivity index (χ2v) is 7.93. The summed E-state index contributed by atoms with van der Waals surface area (Å²) >= 11 is 0. The van der Waals surface area contributed by atoms with E-state index >= 15 is 0 Å². The highest BCUT2D eigenvalue weighted by Gasteiger charge is 2.27. The summed E-state index contributed by atoms with van der Waals surface area (Å²) in [6.07, 6.45) is 5.88. The van der Waals surface area contributed by atoms with Crippen molar-refractivity contribution in [2.24, 2.45) is 0 Å². The van der Waals surface area contributed by atoms with Crippen LogP contribution in [0.1, 0.15) is 65.0 Å². The lowest BCUT2D eigenvalue weighted by atomic mass is 10.0. The Kier molecular flexibility index (Phi) is 4.55. The summed E-state index contributed by atoms with van der Waals surface area (Å²) < 4.78 is 15.7. The molecule has 150 valence electrons. The van der Waals surface area contributed by atoms with Crippen LogP contribution >= 0.6 is 0 Å². The molecule has 0 unspecified atom stereocenters. The van der Waals surface area contributed by atoms with Crippen LogP contribution in [0.5, 0.6) is 0 Å². The summed E-state index contributed by atoms with van der Waals surface area (Å²) in [5.41, 5.74) is 4.22. The van der Waals surface area contributed by atoms with Crippen molar-refractivity contribution in [2.45, 2.75) is 44.2 Å². The fraction of sp³-hybridized carbons (Fsp3) is 0.304. The first-order chi connectivity index (χ1) is 14.6. The van der Waals surface area contributed by atoms with E-state index in [9.17, 15) is 9.18 Å². The molecule has 3 heterocycles. The number of nitrogens with zero attached hydrogens (tertiary/aromatic N) is 4. The molecular formula is C23H20FN5O. The Morgan fingerprint density at radius 1 is 1.20 bits per heavy atom. The van der Waals surface area contributed by atoms with E-state index in [4.69, 9.17) is 10.4 Å². The van der Waals surface area contributed by atoms with Gasteiger partial charge in [0, 0.05) is 35.5 Å². The van der Waals surface area contributed by atoms with Crippen LogP contribution in [0.2, 0.25) is 0 Å². The number of pyridine rings is 1. The molecule has 1 amide bonds. The predicted molar refractivity (Wildman–Crippen MR) is 108 cm³/mol. The number of rotatable bonds is 4. The third-order valence-corrected chi connectivity index (χ3v) is 5.70. The van der Waals surface area contributed by atoms with E-state index in [0.717, 1.165) is 54.2 Å². The molecule has 30 heavy (non-hydrogen) atoms. The molecular weight excluding hydrogens is 381 g/mol. The van der Waals surface area contributed by atoms with Gasteiger partial charge in [-0.15, -0.1) is 0 Å². The Labute approximate surface area is 173 Å². The van der Waals surface area contributed by atoms with Crippen LogP contribution in [0, 0.1) is 17.1 Å². The Bertz CT molecular complexity index is 1170. The molecule has 1 aliphatic carbocycles. The summed E-state index contributed by atoms with van der Waals surface area (Å²) in [7, 11) is 0. The van der Waals surface area contributed by atoms with Crippen molar-refractivity contribution in [1.82, 2.24) is 20.1 Å². The zero-order valence-electron chi connectivity index (χ0n) is 16.3. The number of benzene rings is 1. The topological polar surface area (TPSA) is 83.6 Å². The molecule has 0 radical (unpaired) electrons. The number of fused-ring (bicyclic) bond motifs is 1. The minimum absolute atomic E-state index is 0.125. The first-order valence-electron chi connectivity index (χ1n) is 10.2. The van der Waals surface area contributed by atoms with Gasteiger partial charge in [0.25, 0.3) is 5.91 Å². The molecule has 0 spiro atoms. The monoisotopic (exact) mass is 401 g/mol. The van der Waals surface area contributed by atoms with Gasteiger partial charge in [-0.1, -0.05) is 0 Å². The normalized spacial score (nSPS) is 17.8. The van der Waals surface area contributed by atoms with Gasteiger partial charge in [-0.2, -0.15) is 10.4 Å². The van der Waals surface area contributed by atoms with Gasteiger partial charge in [0.15, 0.2) is 0 Å². The van der Waals surface area contributed by atoms with Crippen molar-refractivity contribution in [1.29, 1.82) is 5.26 Å². The van der Waals surface area contributed by atoms with Crippen LogP contribution in [0.4, 0.5) is 4.39 Å². The lowest BCUT2D eigenvalue weighted by Crippen LogP contribution is -2.32. The van der Waals surface area contributed by atoms with Crippen molar-refractivity contribution < 1.29 is 9.18 Å². The number of hydrogen-bond donors (Lipinski definition) is 1. The van der Waals surface area contributed by atoms with E-state index in [2.05, 4.69) is 16.4 Å². The molecule has 1 saturated carbocycles. The van der Waals surface area contributed by atoms with Crippen molar-refractivity contribution in [3.05, 3.63) is 70.9 Å².